The number of likely N-dealkylation sites (N-methyl/N-ethyl adjacent to an activating group) is 1. The number of aromatic nitrogens is 3. The lowest BCUT2D eigenvalue weighted by Crippen LogP contribution is -2.23. The van der Waals surface area contributed by atoms with Crippen molar-refractivity contribution in [3.8, 4) is 0 Å². The molecule has 0 aromatic carbocycles. The molecule has 0 saturated carbocycles. The smallest absolute Gasteiger partial charge is 0.141 e. The van der Waals surface area contributed by atoms with E-state index in [-0.39, 0.29) is 6.04 Å². The second-order valence-corrected chi connectivity index (χ2v) is 5.33. The van der Waals surface area contributed by atoms with Crippen LogP contribution < -0.4 is 5.32 Å². The van der Waals surface area contributed by atoms with E-state index in [0.29, 0.717) is 0 Å². The fourth-order valence-electron chi connectivity index (χ4n) is 1.56. The van der Waals surface area contributed by atoms with Crippen LogP contribution in [0, 0.1) is 0 Å². The normalized spacial score (nSPS) is 12.9. The highest BCUT2D eigenvalue weighted by molar-refractivity contribution is 9.10. The van der Waals surface area contributed by atoms with Crippen LogP contribution in [0.3, 0.4) is 0 Å². The zero-order chi connectivity index (χ0) is 11.4. The van der Waals surface area contributed by atoms with E-state index in [0.717, 1.165) is 23.3 Å². The molecule has 0 radical (unpaired) electrons. The fraction of sp³-hybridized carbons (Fsp3) is 0.400. The van der Waals surface area contributed by atoms with Gasteiger partial charge in [0, 0.05) is 21.2 Å². The molecule has 0 fully saturated rings. The first-order valence-electron chi connectivity index (χ1n) is 5.11. The Morgan fingerprint density at radius 3 is 3.06 bits per heavy atom. The highest BCUT2D eigenvalue weighted by Gasteiger charge is 2.14. The first kappa shape index (κ1) is 11.8. The number of thiophene rings is 1. The number of H-pyrrole nitrogens is 1. The summed E-state index contributed by atoms with van der Waals surface area (Å²) in [6, 6.07) is 2.35. The first-order valence-corrected chi connectivity index (χ1v) is 6.78. The van der Waals surface area contributed by atoms with Crippen LogP contribution in [-0.2, 0) is 6.42 Å². The zero-order valence-corrected chi connectivity index (χ0v) is 11.3. The zero-order valence-electron chi connectivity index (χ0n) is 8.90. The largest absolute Gasteiger partial charge is 0.307 e. The summed E-state index contributed by atoms with van der Waals surface area (Å²) in [7, 11) is 0. The molecular formula is C10H13BrN4S. The van der Waals surface area contributed by atoms with Gasteiger partial charge in [-0.2, -0.15) is 5.10 Å². The van der Waals surface area contributed by atoms with E-state index >= 15 is 0 Å². The predicted octanol–water partition coefficient (Wildman–Crippen LogP) is 2.52. The molecule has 6 heteroatoms. The van der Waals surface area contributed by atoms with E-state index in [9.17, 15) is 0 Å². The van der Waals surface area contributed by atoms with Gasteiger partial charge in [-0.1, -0.05) is 6.92 Å². The van der Waals surface area contributed by atoms with Gasteiger partial charge in [0.1, 0.15) is 12.2 Å². The Morgan fingerprint density at radius 2 is 2.50 bits per heavy atom. The van der Waals surface area contributed by atoms with Crippen LogP contribution in [0.15, 0.2) is 22.2 Å². The van der Waals surface area contributed by atoms with Crippen molar-refractivity contribution < 1.29 is 0 Å². The highest BCUT2D eigenvalue weighted by atomic mass is 79.9. The molecule has 16 heavy (non-hydrogen) atoms. The van der Waals surface area contributed by atoms with Gasteiger partial charge in [-0.05, 0) is 28.5 Å². The monoisotopic (exact) mass is 300 g/mol. The van der Waals surface area contributed by atoms with E-state index in [1.54, 1.807) is 17.7 Å². The molecule has 0 aliphatic rings. The summed E-state index contributed by atoms with van der Waals surface area (Å²) in [5, 5.41) is 12.3. The summed E-state index contributed by atoms with van der Waals surface area (Å²) < 4.78 is 1.14. The van der Waals surface area contributed by atoms with Crippen molar-refractivity contribution in [2.24, 2.45) is 0 Å². The van der Waals surface area contributed by atoms with E-state index in [2.05, 4.69) is 54.8 Å². The number of halogens is 1. The average Bonchev–Trinajstić information content (AvgIpc) is 2.88. The molecule has 0 bridgehead atoms. The van der Waals surface area contributed by atoms with Crippen LogP contribution in [0.1, 0.15) is 23.7 Å². The van der Waals surface area contributed by atoms with Crippen LogP contribution in [0.4, 0.5) is 0 Å². The van der Waals surface area contributed by atoms with Crippen molar-refractivity contribution in [1.29, 1.82) is 0 Å². The minimum Gasteiger partial charge on any atom is -0.307 e. The minimum atomic E-state index is 0.207. The summed E-state index contributed by atoms with van der Waals surface area (Å²) >= 11 is 5.22. The van der Waals surface area contributed by atoms with E-state index in [1.165, 1.54) is 4.88 Å². The van der Waals surface area contributed by atoms with Gasteiger partial charge in [0.15, 0.2) is 0 Å². The minimum absolute atomic E-state index is 0.207. The van der Waals surface area contributed by atoms with Crippen LogP contribution in [0.2, 0.25) is 0 Å². The third-order valence-electron chi connectivity index (χ3n) is 2.24. The third-order valence-corrected chi connectivity index (χ3v) is 3.96. The summed E-state index contributed by atoms with van der Waals surface area (Å²) in [5.74, 6) is 0.895. The Hall–Kier alpha value is -0.720. The second-order valence-electron chi connectivity index (χ2n) is 3.42. The predicted molar refractivity (Wildman–Crippen MR) is 68.5 cm³/mol. The molecule has 0 spiro atoms. The Kier molecular flexibility index (Phi) is 4.09. The summed E-state index contributed by atoms with van der Waals surface area (Å²) in [6.07, 6.45) is 2.48. The van der Waals surface area contributed by atoms with Gasteiger partial charge in [-0.15, -0.1) is 11.3 Å². The molecule has 2 aromatic rings. The highest BCUT2D eigenvalue weighted by Crippen LogP contribution is 2.24. The maximum Gasteiger partial charge on any atom is 0.141 e. The van der Waals surface area contributed by atoms with Gasteiger partial charge < -0.3 is 5.32 Å². The average molecular weight is 301 g/mol. The number of nitrogens with zero attached hydrogens (tertiary/aromatic N) is 2. The fourth-order valence-corrected chi connectivity index (χ4v) is 3.05. The molecular weight excluding hydrogens is 288 g/mol. The summed E-state index contributed by atoms with van der Waals surface area (Å²) in [5.41, 5.74) is 0. The van der Waals surface area contributed by atoms with Gasteiger partial charge in [-0.3, -0.25) is 5.10 Å². The molecule has 1 unspecified atom stereocenters. The molecule has 1 atom stereocenters. The Balaban J connectivity index is 2.09. The molecule has 2 rings (SSSR count). The first-order chi connectivity index (χ1) is 7.79. The number of hydrogen-bond donors (Lipinski definition) is 2. The van der Waals surface area contributed by atoms with Crippen LogP contribution in [-0.4, -0.2) is 21.7 Å². The van der Waals surface area contributed by atoms with E-state index in [1.807, 2.05) is 0 Å². The molecule has 0 amide bonds. The standard InChI is InChI=1S/C10H13BrN4S/c1-2-12-9(10-13-6-14-15-10)4-8-3-7(11)5-16-8/h3,5-6,9,12H,2,4H2,1H3,(H,13,14,15). The van der Waals surface area contributed by atoms with E-state index in [4.69, 9.17) is 0 Å². The molecule has 86 valence electrons. The number of aromatic amines is 1. The quantitative estimate of drug-likeness (QED) is 0.892. The molecule has 2 heterocycles. The lowest BCUT2D eigenvalue weighted by molar-refractivity contribution is 0.526. The van der Waals surface area contributed by atoms with Gasteiger partial charge >= 0.3 is 0 Å². The summed E-state index contributed by atoms with van der Waals surface area (Å²) in [6.45, 7) is 3.01. The van der Waals surface area contributed by atoms with Crippen LogP contribution >= 0.6 is 27.3 Å². The molecule has 0 aliphatic carbocycles. The number of hydrogen-bond acceptors (Lipinski definition) is 4. The maximum atomic E-state index is 4.20. The maximum absolute atomic E-state index is 4.20. The third kappa shape index (κ3) is 2.90. The Morgan fingerprint density at radius 1 is 1.62 bits per heavy atom. The molecule has 0 aliphatic heterocycles. The van der Waals surface area contributed by atoms with Crippen LogP contribution in [0.5, 0.6) is 0 Å². The van der Waals surface area contributed by atoms with Gasteiger partial charge in [0.2, 0.25) is 0 Å². The number of nitrogens with one attached hydrogen (secondary N) is 2. The lowest BCUT2D eigenvalue weighted by Gasteiger charge is -2.13. The Bertz CT molecular complexity index is 426. The van der Waals surface area contributed by atoms with Crippen molar-refractivity contribution in [2.45, 2.75) is 19.4 Å². The topological polar surface area (TPSA) is 53.6 Å². The Labute approximate surface area is 107 Å². The molecule has 2 N–H and O–H groups in total. The van der Waals surface area contributed by atoms with Crippen LogP contribution in [0.25, 0.3) is 0 Å². The van der Waals surface area contributed by atoms with Crippen molar-refractivity contribution in [3.63, 3.8) is 0 Å². The van der Waals surface area contributed by atoms with Gasteiger partial charge in [0.05, 0.1) is 6.04 Å². The second kappa shape index (κ2) is 5.56. The lowest BCUT2D eigenvalue weighted by atomic mass is 10.1. The van der Waals surface area contributed by atoms with Gasteiger partial charge in [-0.25, -0.2) is 4.98 Å². The van der Waals surface area contributed by atoms with Crippen molar-refractivity contribution in [2.75, 3.05) is 6.54 Å². The molecule has 2 aromatic heterocycles. The molecule has 4 nitrogen and oxygen atoms in total. The number of rotatable bonds is 5. The van der Waals surface area contributed by atoms with Gasteiger partial charge in [0.25, 0.3) is 0 Å². The molecule has 0 saturated heterocycles. The van der Waals surface area contributed by atoms with Crippen molar-refractivity contribution in [1.82, 2.24) is 20.5 Å². The van der Waals surface area contributed by atoms with E-state index < -0.39 is 0 Å². The van der Waals surface area contributed by atoms with Crippen molar-refractivity contribution >= 4 is 27.3 Å². The summed E-state index contributed by atoms with van der Waals surface area (Å²) in [4.78, 5) is 5.53. The SMILES string of the molecule is CCNC(Cc1cc(Br)cs1)c1ncn[nH]1. The van der Waals surface area contributed by atoms with Crippen molar-refractivity contribution in [3.05, 3.63) is 32.9 Å².